The van der Waals surface area contributed by atoms with Crippen LogP contribution in [-0.2, 0) is 16.2 Å². The third kappa shape index (κ3) is 5.46. The van der Waals surface area contributed by atoms with Gasteiger partial charge in [0.15, 0.2) is 11.5 Å². The number of urea groups is 1. The number of nitrogens with zero attached hydrogens (tertiary/aromatic N) is 2. The van der Waals surface area contributed by atoms with E-state index in [0.717, 1.165) is 10.5 Å². The topological polar surface area (TPSA) is 128 Å². The van der Waals surface area contributed by atoms with Crippen molar-refractivity contribution in [1.29, 1.82) is 0 Å². The second-order valence-corrected chi connectivity index (χ2v) is 8.95. The molecule has 0 spiro atoms. The number of hydrogen-bond acceptors (Lipinski definition) is 7. The molecule has 0 aliphatic carbocycles. The Kier molecular flexibility index (Phi) is 7.65. The average Bonchev–Trinajstić information content (AvgIpc) is 2.87. The van der Waals surface area contributed by atoms with Gasteiger partial charge in [-0.2, -0.15) is 0 Å². The normalized spacial score (nSPS) is 14.5. The second kappa shape index (κ2) is 10.9. The number of nitrogens with one attached hydrogen (secondary N) is 1. The molecule has 38 heavy (non-hydrogen) atoms. The zero-order valence-corrected chi connectivity index (χ0v) is 21.5. The summed E-state index contributed by atoms with van der Waals surface area (Å²) in [7, 11) is 1.39. The minimum absolute atomic E-state index is 0.0472. The van der Waals surface area contributed by atoms with Crippen LogP contribution >= 0.6 is 23.2 Å². The number of methoxy groups -OCH3 is 1. The Morgan fingerprint density at radius 2 is 1.74 bits per heavy atom. The van der Waals surface area contributed by atoms with E-state index in [0.29, 0.717) is 16.1 Å². The van der Waals surface area contributed by atoms with E-state index in [4.69, 9.17) is 32.7 Å². The fourth-order valence-corrected chi connectivity index (χ4v) is 4.06. The van der Waals surface area contributed by atoms with Gasteiger partial charge in [0, 0.05) is 17.2 Å². The lowest BCUT2D eigenvalue weighted by atomic mass is 10.1. The molecule has 10 nitrogen and oxygen atoms in total. The van der Waals surface area contributed by atoms with Gasteiger partial charge in [0.2, 0.25) is 0 Å². The summed E-state index contributed by atoms with van der Waals surface area (Å²) in [5.74, 6) is -1.30. The highest BCUT2D eigenvalue weighted by Gasteiger charge is 2.37. The summed E-state index contributed by atoms with van der Waals surface area (Å²) in [5, 5.41) is 13.5. The third-order valence-electron chi connectivity index (χ3n) is 5.61. The number of barbiturate groups is 1. The summed E-state index contributed by atoms with van der Waals surface area (Å²) >= 11 is 12.6. The van der Waals surface area contributed by atoms with Gasteiger partial charge in [0.25, 0.3) is 17.5 Å². The highest BCUT2D eigenvalue weighted by atomic mass is 35.5. The molecule has 1 aliphatic heterocycles. The number of ether oxygens (including phenoxy) is 2. The molecular formula is C26H19Cl2N3O7. The SMILES string of the molecule is COc1cc(/C=C2/C(=O)NC(=O)N(c3ccc(C)c(Cl)c3)C2=O)cc(Cl)c1OCc1ccc([N+](=O)[O-])cc1. The summed E-state index contributed by atoms with van der Waals surface area (Å²) in [6.07, 6.45) is 1.28. The van der Waals surface area contributed by atoms with Crippen molar-refractivity contribution in [2.24, 2.45) is 0 Å². The van der Waals surface area contributed by atoms with Crippen LogP contribution < -0.4 is 19.7 Å². The Bertz CT molecular complexity index is 1500. The van der Waals surface area contributed by atoms with E-state index in [2.05, 4.69) is 5.32 Å². The number of nitro groups is 1. The predicted molar refractivity (Wildman–Crippen MR) is 141 cm³/mol. The number of anilines is 1. The van der Waals surface area contributed by atoms with Crippen molar-refractivity contribution < 1.29 is 28.8 Å². The van der Waals surface area contributed by atoms with Gasteiger partial charge in [-0.15, -0.1) is 0 Å². The van der Waals surface area contributed by atoms with E-state index < -0.39 is 22.8 Å². The quantitative estimate of drug-likeness (QED) is 0.177. The van der Waals surface area contributed by atoms with Crippen molar-refractivity contribution in [2.75, 3.05) is 12.0 Å². The molecule has 1 heterocycles. The monoisotopic (exact) mass is 555 g/mol. The van der Waals surface area contributed by atoms with Crippen LogP contribution in [-0.4, -0.2) is 29.9 Å². The van der Waals surface area contributed by atoms with Gasteiger partial charge in [-0.25, -0.2) is 9.69 Å². The number of nitro benzene ring substituents is 1. The second-order valence-electron chi connectivity index (χ2n) is 8.14. The Hall–Kier alpha value is -4.41. The standard InChI is InChI=1S/C26H19Cl2N3O7/c1-14-3-6-18(12-20(14)27)30-25(33)19(24(32)29-26(30)34)9-16-10-21(28)23(22(11-16)37-2)38-13-15-4-7-17(8-5-15)31(35)36/h3-12H,13H2,1-2H3,(H,29,32,34)/b19-9-. The van der Waals surface area contributed by atoms with E-state index in [1.54, 1.807) is 31.2 Å². The number of aryl methyl sites for hydroxylation is 1. The van der Waals surface area contributed by atoms with Crippen LogP contribution in [0.15, 0.2) is 60.2 Å². The summed E-state index contributed by atoms with van der Waals surface area (Å²) in [6, 6.07) is 12.6. The Morgan fingerprint density at radius 1 is 1.03 bits per heavy atom. The first-order valence-corrected chi connectivity index (χ1v) is 11.8. The van der Waals surface area contributed by atoms with Crippen molar-refractivity contribution in [3.05, 3.63) is 97.0 Å². The highest BCUT2D eigenvalue weighted by molar-refractivity contribution is 6.39. The van der Waals surface area contributed by atoms with Crippen LogP contribution in [0.5, 0.6) is 11.5 Å². The van der Waals surface area contributed by atoms with Crippen LogP contribution in [0.3, 0.4) is 0 Å². The molecule has 1 saturated heterocycles. The van der Waals surface area contributed by atoms with Crippen LogP contribution in [0, 0.1) is 17.0 Å². The van der Waals surface area contributed by atoms with Gasteiger partial charge in [-0.1, -0.05) is 29.3 Å². The number of amides is 4. The molecule has 0 saturated carbocycles. The Morgan fingerprint density at radius 3 is 2.37 bits per heavy atom. The molecule has 3 aromatic rings. The summed E-state index contributed by atoms with van der Waals surface area (Å²) < 4.78 is 11.2. The van der Waals surface area contributed by atoms with E-state index in [1.807, 2.05) is 0 Å². The number of rotatable bonds is 7. The lowest BCUT2D eigenvalue weighted by Crippen LogP contribution is -2.54. The molecule has 0 aromatic heterocycles. The minimum Gasteiger partial charge on any atom is -0.493 e. The summed E-state index contributed by atoms with van der Waals surface area (Å²) in [6.45, 7) is 1.82. The maximum Gasteiger partial charge on any atom is 0.335 e. The minimum atomic E-state index is -0.900. The van der Waals surface area contributed by atoms with E-state index in [-0.39, 0.29) is 40.1 Å². The highest BCUT2D eigenvalue weighted by Crippen LogP contribution is 2.38. The van der Waals surface area contributed by atoms with Gasteiger partial charge in [-0.05, 0) is 66.1 Å². The lowest BCUT2D eigenvalue weighted by Gasteiger charge is -2.26. The number of carbonyl (C=O) groups excluding carboxylic acids is 3. The van der Waals surface area contributed by atoms with Crippen molar-refractivity contribution in [1.82, 2.24) is 5.32 Å². The predicted octanol–water partition coefficient (Wildman–Crippen LogP) is 5.46. The number of carbonyl (C=O) groups is 3. The van der Waals surface area contributed by atoms with Gasteiger partial charge in [-0.3, -0.25) is 25.0 Å². The lowest BCUT2D eigenvalue weighted by molar-refractivity contribution is -0.384. The van der Waals surface area contributed by atoms with Gasteiger partial charge in [0.05, 0.1) is 22.7 Å². The van der Waals surface area contributed by atoms with E-state index in [1.165, 1.54) is 43.5 Å². The number of benzene rings is 3. The van der Waals surface area contributed by atoms with Crippen molar-refractivity contribution in [3.63, 3.8) is 0 Å². The van der Waals surface area contributed by atoms with Crippen LogP contribution in [0.2, 0.25) is 10.0 Å². The number of imide groups is 2. The Balaban J connectivity index is 1.61. The maximum atomic E-state index is 13.2. The van der Waals surface area contributed by atoms with Crippen LogP contribution in [0.1, 0.15) is 16.7 Å². The maximum absolute atomic E-state index is 13.2. The van der Waals surface area contributed by atoms with E-state index >= 15 is 0 Å². The number of non-ortho nitro benzene ring substituents is 1. The average molecular weight is 556 g/mol. The first-order valence-electron chi connectivity index (χ1n) is 11.0. The molecular weight excluding hydrogens is 537 g/mol. The molecule has 4 amide bonds. The first-order chi connectivity index (χ1) is 18.1. The molecule has 194 valence electrons. The third-order valence-corrected chi connectivity index (χ3v) is 6.30. The number of hydrogen-bond donors (Lipinski definition) is 1. The first kappa shape index (κ1) is 26.6. The summed E-state index contributed by atoms with van der Waals surface area (Å²) in [5.41, 5.74) is 1.60. The van der Waals surface area contributed by atoms with Gasteiger partial charge >= 0.3 is 6.03 Å². The molecule has 1 fully saturated rings. The van der Waals surface area contributed by atoms with Crippen molar-refractivity contribution in [3.8, 4) is 11.5 Å². The number of halogens is 2. The van der Waals surface area contributed by atoms with Crippen molar-refractivity contribution >= 4 is 58.5 Å². The van der Waals surface area contributed by atoms with Crippen molar-refractivity contribution in [2.45, 2.75) is 13.5 Å². The molecule has 0 atom stereocenters. The van der Waals surface area contributed by atoms with Gasteiger partial charge in [0.1, 0.15) is 12.2 Å². The molecule has 0 radical (unpaired) electrons. The fraction of sp³-hybridized carbons (Fsp3) is 0.115. The van der Waals surface area contributed by atoms with Gasteiger partial charge < -0.3 is 9.47 Å². The van der Waals surface area contributed by atoms with Crippen LogP contribution in [0.25, 0.3) is 6.08 Å². The summed E-state index contributed by atoms with van der Waals surface area (Å²) in [4.78, 5) is 49.3. The molecule has 1 aliphatic rings. The molecule has 12 heteroatoms. The fourth-order valence-electron chi connectivity index (χ4n) is 3.61. The molecule has 3 aromatic carbocycles. The Labute approximate surface area is 226 Å². The van der Waals surface area contributed by atoms with Crippen LogP contribution in [0.4, 0.5) is 16.2 Å². The molecule has 0 bridgehead atoms. The zero-order chi connectivity index (χ0) is 27.6. The smallest absolute Gasteiger partial charge is 0.335 e. The molecule has 1 N–H and O–H groups in total. The molecule has 0 unspecified atom stereocenters. The largest absolute Gasteiger partial charge is 0.493 e. The zero-order valence-electron chi connectivity index (χ0n) is 20.0. The molecule has 4 rings (SSSR count). The van der Waals surface area contributed by atoms with E-state index in [9.17, 15) is 24.5 Å².